The average molecular weight is 399 g/mol. The van der Waals surface area contributed by atoms with Crippen molar-refractivity contribution in [2.24, 2.45) is 11.3 Å². The molecule has 3 aliphatic carbocycles. The van der Waals surface area contributed by atoms with Crippen LogP contribution in [0.5, 0.6) is 0 Å². The third-order valence-electron chi connectivity index (χ3n) is 7.97. The number of pyridine rings is 1. The Balaban J connectivity index is 1.42. The van der Waals surface area contributed by atoms with E-state index >= 15 is 0 Å². The highest BCUT2D eigenvalue weighted by atomic mass is 16.5. The standard InChI is InChI=1S/C26H25NO3/c1-26-10-8-15-12-19-21(28)6-3-7-23(19)30-25(15)20(26)13-22(29)24(26)18-5-2-4-16-14-27-11-9-17(16)18/h2,4-5,9,11-12,14,20,24-25H,3,6-8,10,13H2,1H3/t20-,24-,25+,26-/m0/s1. The highest BCUT2D eigenvalue weighted by Gasteiger charge is 2.58. The Morgan fingerprint density at radius 1 is 1.13 bits per heavy atom. The molecule has 0 unspecified atom stereocenters. The van der Waals surface area contributed by atoms with E-state index in [1.165, 1.54) is 5.57 Å². The fourth-order valence-electron chi connectivity index (χ4n) is 6.44. The molecule has 0 amide bonds. The number of nitrogens with zero attached hydrogens (tertiary/aromatic N) is 1. The first-order chi connectivity index (χ1) is 14.6. The number of carbonyl (C=O) groups is 2. The van der Waals surface area contributed by atoms with E-state index in [4.69, 9.17) is 4.74 Å². The predicted molar refractivity (Wildman–Crippen MR) is 114 cm³/mol. The molecule has 2 fully saturated rings. The maximum Gasteiger partial charge on any atom is 0.166 e. The summed E-state index contributed by atoms with van der Waals surface area (Å²) in [5, 5.41) is 2.21. The summed E-state index contributed by atoms with van der Waals surface area (Å²) in [7, 11) is 0. The lowest BCUT2D eigenvalue weighted by Gasteiger charge is -2.47. The molecule has 4 atom stereocenters. The van der Waals surface area contributed by atoms with E-state index in [1.807, 2.05) is 24.5 Å². The van der Waals surface area contributed by atoms with Crippen LogP contribution < -0.4 is 0 Å². The van der Waals surface area contributed by atoms with Gasteiger partial charge in [-0.1, -0.05) is 25.1 Å². The number of carbonyl (C=O) groups excluding carboxylic acids is 2. The van der Waals surface area contributed by atoms with Gasteiger partial charge in [0.15, 0.2) is 5.78 Å². The number of ketones is 2. The minimum Gasteiger partial charge on any atom is -0.489 e. The van der Waals surface area contributed by atoms with Crippen molar-refractivity contribution < 1.29 is 14.3 Å². The Hall–Kier alpha value is -2.75. The number of rotatable bonds is 1. The molecule has 0 N–H and O–H groups in total. The molecule has 152 valence electrons. The number of aromatic nitrogens is 1. The number of benzene rings is 1. The summed E-state index contributed by atoms with van der Waals surface area (Å²) in [6.07, 6.45) is 10.4. The summed E-state index contributed by atoms with van der Waals surface area (Å²) in [5.74, 6) is 1.41. The zero-order valence-electron chi connectivity index (χ0n) is 17.2. The van der Waals surface area contributed by atoms with Crippen molar-refractivity contribution >= 4 is 22.3 Å². The number of hydrogen-bond acceptors (Lipinski definition) is 4. The molecule has 0 radical (unpaired) electrons. The Morgan fingerprint density at radius 2 is 2.03 bits per heavy atom. The first-order valence-corrected chi connectivity index (χ1v) is 11.0. The first-order valence-electron chi connectivity index (χ1n) is 11.0. The zero-order valence-corrected chi connectivity index (χ0v) is 17.2. The quantitative estimate of drug-likeness (QED) is 0.674. The zero-order chi connectivity index (χ0) is 20.5. The van der Waals surface area contributed by atoms with Crippen LogP contribution in [-0.4, -0.2) is 22.7 Å². The second-order valence-corrected chi connectivity index (χ2v) is 9.53. The highest BCUT2D eigenvalue weighted by Crippen LogP contribution is 2.61. The summed E-state index contributed by atoms with van der Waals surface area (Å²) in [5.41, 5.74) is 2.98. The fraction of sp³-hybridized carbons (Fsp3) is 0.423. The Bertz CT molecular complexity index is 1150. The van der Waals surface area contributed by atoms with Crippen molar-refractivity contribution in [3.8, 4) is 0 Å². The van der Waals surface area contributed by atoms with E-state index in [0.29, 0.717) is 18.6 Å². The van der Waals surface area contributed by atoms with Gasteiger partial charge in [-0.25, -0.2) is 0 Å². The van der Waals surface area contributed by atoms with Crippen LogP contribution in [0.4, 0.5) is 0 Å². The van der Waals surface area contributed by atoms with Gasteiger partial charge in [-0.05, 0) is 53.3 Å². The van der Waals surface area contributed by atoms with Crippen LogP contribution in [-0.2, 0) is 14.3 Å². The number of hydrogen-bond donors (Lipinski definition) is 0. The van der Waals surface area contributed by atoms with Crippen molar-refractivity contribution in [1.29, 1.82) is 0 Å². The lowest BCUT2D eigenvalue weighted by Crippen LogP contribution is -2.43. The van der Waals surface area contributed by atoms with E-state index in [1.54, 1.807) is 0 Å². The van der Waals surface area contributed by atoms with E-state index in [0.717, 1.165) is 53.4 Å². The lowest BCUT2D eigenvalue weighted by atomic mass is 9.61. The summed E-state index contributed by atoms with van der Waals surface area (Å²) in [6, 6.07) is 8.25. The van der Waals surface area contributed by atoms with Gasteiger partial charge in [0.05, 0.1) is 5.57 Å². The van der Waals surface area contributed by atoms with Crippen LogP contribution in [0.25, 0.3) is 10.8 Å². The molecule has 30 heavy (non-hydrogen) atoms. The van der Waals surface area contributed by atoms with E-state index in [-0.39, 0.29) is 29.1 Å². The van der Waals surface area contributed by atoms with Crippen molar-refractivity contribution in [1.82, 2.24) is 4.98 Å². The highest BCUT2D eigenvalue weighted by molar-refractivity contribution is 6.00. The molecule has 6 rings (SSSR count). The van der Waals surface area contributed by atoms with E-state index < -0.39 is 0 Å². The van der Waals surface area contributed by atoms with Crippen LogP contribution in [0.15, 0.2) is 59.6 Å². The summed E-state index contributed by atoms with van der Waals surface area (Å²) in [4.78, 5) is 30.1. The van der Waals surface area contributed by atoms with Crippen LogP contribution >= 0.6 is 0 Å². The van der Waals surface area contributed by atoms with Gasteiger partial charge in [0.25, 0.3) is 0 Å². The second-order valence-electron chi connectivity index (χ2n) is 9.53. The molecule has 2 heterocycles. The number of fused-ring (bicyclic) bond motifs is 4. The molecule has 4 nitrogen and oxygen atoms in total. The fourth-order valence-corrected chi connectivity index (χ4v) is 6.44. The number of ether oxygens (including phenoxy) is 1. The summed E-state index contributed by atoms with van der Waals surface area (Å²) >= 11 is 0. The Morgan fingerprint density at radius 3 is 2.93 bits per heavy atom. The van der Waals surface area contributed by atoms with Gasteiger partial charge < -0.3 is 4.74 Å². The van der Waals surface area contributed by atoms with Gasteiger partial charge in [-0.15, -0.1) is 0 Å². The Kier molecular flexibility index (Phi) is 3.83. The third-order valence-corrected chi connectivity index (χ3v) is 7.97. The minimum absolute atomic E-state index is 0.0704. The monoisotopic (exact) mass is 399 g/mol. The van der Waals surface area contributed by atoms with Gasteiger partial charge in [0, 0.05) is 48.9 Å². The second kappa shape index (κ2) is 6.37. The maximum absolute atomic E-state index is 13.4. The minimum atomic E-state index is -0.145. The number of Topliss-reactive ketones (excluding diaryl/α,β-unsaturated/α-hetero) is 2. The van der Waals surface area contributed by atoms with Crippen LogP contribution in [0, 0.1) is 11.3 Å². The van der Waals surface area contributed by atoms with Gasteiger partial charge in [-0.2, -0.15) is 0 Å². The van der Waals surface area contributed by atoms with Gasteiger partial charge in [-0.3, -0.25) is 14.6 Å². The molecule has 0 spiro atoms. The normalized spacial score (nSPS) is 33.0. The third kappa shape index (κ3) is 2.43. The van der Waals surface area contributed by atoms with Crippen LogP contribution in [0.3, 0.4) is 0 Å². The molecular weight excluding hydrogens is 374 g/mol. The smallest absolute Gasteiger partial charge is 0.166 e. The molecular formula is C26H25NO3. The van der Waals surface area contributed by atoms with Crippen LogP contribution in [0.2, 0.25) is 0 Å². The van der Waals surface area contributed by atoms with Crippen molar-refractivity contribution in [2.75, 3.05) is 0 Å². The predicted octanol–water partition coefficient (Wildman–Crippen LogP) is 5.04. The molecule has 2 aromatic rings. The van der Waals surface area contributed by atoms with Crippen molar-refractivity contribution in [2.45, 2.75) is 57.5 Å². The SMILES string of the molecule is C[C@]12CCC3=CC4=C(CCCC4=O)O[C@H]3[C@@H]1CC(=O)[C@@H]2c1cccc2cnccc12. The van der Waals surface area contributed by atoms with Gasteiger partial charge in [0.2, 0.25) is 0 Å². The average Bonchev–Trinajstić information content (AvgIpc) is 3.03. The Labute approximate surface area is 176 Å². The molecule has 1 aromatic heterocycles. The van der Waals surface area contributed by atoms with Crippen molar-refractivity contribution in [3.05, 3.63) is 65.2 Å². The molecule has 1 aliphatic heterocycles. The molecule has 4 heteroatoms. The first kappa shape index (κ1) is 18.1. The topological polar surface area (TPSA) is 56.3 Å². The largest absolute Gasteiger partial charge is 0.489 e. The number of allylic oxidation sites excluding steroid dienone is 3. The summed E-state index contributed by atoms with van der Waals surface area (Å²) in [6.45, 7) is 2.28. The summed E-state index contributed by atoms with van der Waals surface area (Å²) < 4.78 is 6.49. The van der Waals surface area contributed by atoms with E-state index in [9.17, 15) is 9.59 Å². The molecule has 4 aliphatic rings. The lowest BCUT2D eigenvalue weighted by molar-refractivity contribution is -0.119. The van der Waals surface area contributed by atoms with E-state index in [2.05, 4.69) is 30.1 Å². The molecule has 0 bridgehead atoms. The molecule has 1 aromatic carbocycles. The van der Waals surface area contributed by atoms with Crippen molar-refractivity contribution in [3.63, 3.8) is 0 Å². The maximum atomic E-state index is 13.4. The van der Waals surface area contributed by atoms with Gasteiger partial charge >= 0.3 is 0 Å². The van der Waals surface area contributed by atoms with Gasteiger partial charge in [0.1, 0.15) is 17.6 Å². The molecule has 0 saturated heterocycles. The van der Waals surface area contributed by atoms with Crippen LogP contribution in [0.1, 0.15) is 56.9 Å². The molecule has 2 saturated carbocycles.